The van der Waals surface area contributed by atoms with Gasteiger partial charge in [-0.05, 0) is 60.2 Å². The molecule has 150 valence electrons. The number of nitrogens with zero attached hydrogens (tertiary/aromatic N) is 1. The molecule has 1 atom stereocenters. The van der Waals surface area contributed by atoms with E-state index in [9.17, 15) is 13.2 Å². The molecule has 0 fully saturated rings. The maximum atomic E-state index is 13.2. The average molecular weight is 450 g/mol. The summed E-state index contributed by atoms with van der Waals surface area (Å²) in [5.41, 5.74) is 1.000. The lowest BCUT2D eigenvalue weighted by atomic mass is 10.2. The van der Waals surface area contributed by atoms with Crippen molar-refractivity contribution in [2.24, 2.45) is 0 Å². The van der Waals surface area contributed by atoms with Gasteiger partial charge in [-0.2, -0.15) is 0 Å². The van der Waals surface area contributed by atoms with E-state index in [0.29, 0.717) is 21.3 Å². The summed E-state index contributed by atoms with van der Waals surface area (Å²) in [4.78, 5) is 16.4. The monoisotopic (exact) mass is 449 g/mol. The van der Waals surface area contributed by atoms with E-state index in [2.05, 4.69) is 15.6 Å². The fraction of sp³-hybridized carbons (Fsp3) is 0.100. The molecule has 9 heteroatoms. The molecule has 1 aromatic heterocycles. The summed E-state index contributed by atoms with van der Waals surface area (Å²) >= 11 is 11.7. The van der Waals surface area contributed by atoms with Crippen molar-refractivity contribution in [3.63, 3.8) is 0 Å². The van der Waals surface area contributed by atoms with Crippen molar-refractivity contribution >= 4 is 44.8 Å². The van der Waals surface area contributed by atoms with Crippen molar-refractivity contribution in [2.75, 3.05) is 11.9 Å². The van der Waals surface area contributed by atoms with Crippen molar-refractivity contribution in [1.82, 2.24) is 10.3 Å². The highest BCUT2D eigenvalue weighted by atomic mass is 35.5. The van der Waals surface area contributed by atoms with E-state index >= 15 is 0 Å². The van der Waals surface area contributed by atoms with Gasteiger partial charge < -0.3 is 10.6 Å². The van der Waals surface area contributed by atoms with E-state index < -0.39 is 21.1 Å². The summed E-state index contributed by atoms with van der Waals surface area (Å²) in [6, 6.07) is 15.2. The third-order valence-corrected chi connectivity index (χ3v) is 6.74. The number of rotatable bonds is 6. The second-order valence-electron chi connectivity index (χ2n) is 6.12. The predicted molar refractivity (Wildman–Crippen MR) is 114 cm³/mol. The minimum atomic E-state index is -3.80. The first-order chi connectivity index (χ1) is 13.9. The molecule has 3 aromatic rings. The molecule has 0 radical (unpaired) electrons. The van der Waals surface area contributed by atoms with Crippen molar-refractivity contribution in [3.8, 4) is 0 Å². The molecule has 2 N–H and O–H groups in total. The zero-order chi connectivity index (χ0) is 20.9. The Morgan fingerprint density at radius 1 is 0.966 bits per heavy atom. The number of urea groups is 1. The Morgan fingerprint density at radius 2 is 1.59 bits per heavy atom. The zero-order valence-corrected chi connectivity index (χ0v) is 17.4. The summed E-state index contributed by atoms with van der Waals surface area (Å²) in [6.07, 6.45) is 3.02. The fourth-order valence-electron chi connectivity index (χ4n) is 2.66. The summed E-state index contributed by atoms with van der Waals surface area (Å²) in [5.74, 6) is 0. The number of nitrogens with one attached hydrogen (secondary N) is 2. The van der Waals surface area contributed by atoms with Gasteiger partial charge in [0.1, 0.15) is 5.25 Å². The molecule has 2 amide bonds. The number of pyridine rings is 1. The third-order valence-electron chi connectivity index (χ3n) is 4.12. The summed E-state index contributed by atoms with van der Waals surface area (Å²) in [5, 5.41) is 5.21. The molecule has 29 heavy (non-hydrogen) atoms. The van der Waals surface area contributed by atoms with Crippen LogP contribution in [0.2, 0.25) is 10.0 Å². The minimum Gasteiger partial charge on any atom is -0.336 e. The molecule has 0 spiro atoms. The largest absolute Gasteiger partial charge is 0.336 e. The molecule has 0 aliphatic heterocycles. The number of carbonyl (C=O) groups is 1. The number of hydrogen-bond acceptors (Lipinski definition) is 4. The van der Waals surface area contributed by atoms with Crippen molar-refractivity contribution < 1.29 is 13.2 Å². The van der Waals surface area contributed by atoms with E-state index in [0.717, 1.165) is 0 Å². The van der Waals surface area contributed by atoms with Gasteiger partial charge in [0.2, 0.25) is 0 Å². The van der Waals surface area contributed by atoms with Gasteiger partial charge in [-0.25, -0.2) is 13.2 Å². The first-order valence-corrected chi connectivity index (χ1v) is 10.9. The van der Waals surface area contributed by atoms with Crippen molar-refractivity contribution in [2.45, 2.75) is 10.1 Å². The average Bonchev–Trinajstić information content (AvgIpc) is 2.71. The van der Waals surface area contributed by atoms with Crippen LogP contribution in [0.3, 0.4) is 0 Å². The fourth-order valence-corrected chi connectivity index (χ4v) is 4.55. The highest BCUT2D eigenvalue weighted by molar-refractivity contribution is 7.91. The highest BCUT2D eigenvalue weighted by Gasteiger charge is 2.30. The molecule has 0 saturated carbocycles. The van der Waals surface area contributed by atoms with Crippen LogP contribution >= 0.6 is 23.2 Å². The van der Waals surface area contributed by atoms with Crippen LogP contribution in [-0.4, -0.2) is 26.0 Å². The maximum Gasteiger partial charge on any atom is 0.319 e. The SMILES string of the molecule is O=C(NCC(c1cccnc1)S(=O)(=O)c1ccc(Cl)cc1)Nc1ccc(Cl)cc1. The van der Waals surface area contributed by atoms with Crippen LogP contribution in [0.15, 0.2) is 78.0 Å². The molecule has 2 aromatic carbocycles. The van der Waals surface area contributed by atoms with Crippen LogP contribution in [0, 0.1) is 0 Å². The van der Waals surface area contributed by atoms with Gasteiger partial charge in [0, 0.05) is 34.7 Å². The number of benzene rings is 2. The lowest BCUT2D eigenvalue weighted by Crippen LogP contribution is -2.35. The standard InChI is InChI=1S/C20H17Cl2N3O3S/c21-15-3-7-17(8-4-15)25-20(26)24-13-19(14-2-1-11-23-12-14)29(27,28)18-9-5-16(22)6-10-18/h1-12,19H,13H2,(H2,24,25,26). The highest BCUT2D eigenvalue weighted by Crippen LogP contribution is 2.29. The Hall–Kier alpha value is -2.61. The number of halogens is 2. The second kappa shape index (κ2) is 9.26. The molecular weight excluding hydrogens is 433 g/mol. The van der Waals surface area contributed by atoms with Crippen LogP contribution < -0.4 is 10.6 Å². The Kier molecular flexibility index (Phi) is 6.74. The van der Waals surface area contributed by atoms with E-state index in [1.165, 1.54) is 30.5 Å². The maximum absolute atomic E-state index is 13.2. The van der Waals surface area contributed by atoms with E-state index in [1.807, 2.05) is 0 Å². The minimum absolute atomic E-state index is 0.107. The smallest absolute Gasteiger partial charge is 0.319 e. The van der Waals surface area contributed by atoms with Crippen LogP contribution in [0.25, 0.3) is 0 Å². The van der Waals surface area contributed by atoms with Crippen LogP contribution in [0.1, 0.15) is 10.8 Å². The van der Waals surface area contributed by atoms with Crippen LogP contribution in [0.4, 0.5) is 10.5 Å². The first kappa shape index (κ1) is 21.1. The first-order valence-electron chi connectivity index (χ1n) is 8.56. The summed E-state index contributed by atoms with van der Waals surface area (Å²) < 4.78 is 26.4. The van der Waals surface area contributed by atoms with Crippen LogP contribution in [-0.2, 0) is 9.84 Å². The van der Waals surface area contributed by atoms with E-state index in [4.69, 9.17) is 23.2 Å². The van der Waals surface area contributed by atoms with E-state index in [-0.39, 0.29) is 11.4 Å². The molecule has 1 heterocycles. The molecular formula is C20H17Cl2N3O3S. The van der Waals surface area contributed by atoms with Crippen molar-refractivity contribution in [3.05, 3.63) is 88.7 Å². The van der Waals surface area contributed by atoms with Gasteiger partial charge in [-0.3, -0.25) is 4.98 Å². The summed E-state index contributed by atoms with van der Waals surface area (Å²) in [7, 11) is -3.80. The molecule has 1 unspecified atom stereocenters. The molecule has 0 saturated heterocycles. The lowest BCUT2D eigenvalue weighted by molar-refractivity contribution is 0.252. The second-order valence-corrected chi connectivity index (χ2v) is 9.12. The number of amides is 2. The lowest BCUT2D eigenvalue weighted by Gasteiger charge is -2.19. The molecule has 0 bridgehead atoms. The molecule has 3 rings (SSSR count). The van der Waals surface area contributed by atoms with Gasteiger partial charge in [0.05, 0.1) is 4.90 Å². The van der Waals surface area contributed by atoms with Gasteiger partial charge >= 0.3 is 6.03 Å². The van der Waals surface area contributed by atoms with Gasteiger partial charge in [0.15, 0.2) is 9.84 Å². The number of hydrogen-bond donors (Lipinski definition) is 2. The quantitative estimate of drug-likeness (QED) is 0.569. The number of anilines is 1. The Bertz CT molecular complexity index is 1070. The topological polar surface area (TPSA) is 88.2 Å². The summed E-state index contributed by atoms with van der Waals surface area (Å²) in [6.45, 7) is -0.143. The Morgan fingerprint density at radius 3 is 2.17 bits per heavy atom. The van der Waals surface area contributed by atoms with Crippen molar-refractivity contribution in [1.29, 1.82) is 0 Å². The number of sulfone groups is 1. The Labute approximate surface area is 178 Å². The van der Waals surface area contributed by atoms with Gasteiger partial charge in [-0.15, -0.1) is 0 Å². The molecule has 0 aliphatic carbocycles. The predicted octanol–water partition coefficient (Wildman–Crippen LogP) is 4.73. The van der Waals surface area contributed by atoms with Crippen LogP contribution in [0.5, 0.6) is 0 Å². The zero-order valence-electron chi connectivity index (χ0n) is 15.0. The van der Waals surface area contributed by atoms with E-state index in [1.54, 1.807) is 42.6 Å². The molecule has 0 aliphatic rings. The Balaban J connectivity index is 1.80. The molecule has 6 nitrogen and oxygen atoms in total. The van der Waals surface area contributed by atoms with Gasteiger partial charge in [0.25, 0.3) is 0 Å². The normalized spacial score (nSPS) is 12.2. The third kappa shape index (κ3) is 5.47. The number of aromatic nitrogens is 1. The van der Waals surface area contributed by atoms with Gasteiger partial charge in [-0.1, -0.05) is 29.3 Å². The number of carbonyl (C=O) groups excluding carboxylic acids is 1.